The van der Waals surface area contributed by atoms with Crippen molar-refractivity contribution in [3.63, 3.8) is 0 Å². The molecule has 2 rings (SSSR count). The molecule has 0 saturated heterocycles. The molecule has 0 heterocycles. The fourth-order valence-corrected chi connectivity index (χ4v) is 3.08. The Bertz CT molecular complexity index is 594. The number of hydrogen-bond acceptors (Lipinski definition) is 2. The van der Waals surface area contributed by atoms with E-state index in [9.17, 15) is 4.79 Å². The highest BCUT2D eigenvalue weighted by Crippen LogP contribution is 2.33. The summed E-state index contributed by atoms with van der Waals surface area (Å²) < 4.78 is 0. The van der Waals surface area contributed by atoms with Crippen LogP contribution in [0.2, 0.25) is 10.0 Å². The van der Waals surface area contributed by atoms with E-state index in [1.165, 1.54) is 11.8 Å². The largest absolute Gasteiger partial charge is 0.325 e. The molecule has 0 unspecified atom stereocenters. The van der Waals surface area contributed by atoms with E-state index in [1.54, 1.807) is 18.2 Å². The molecule has 1 N–H and O–H groups in total. The first-order valence-corrected chi connectivity index (χ1v) is 7.74. The summed E-state index contributed by atoms with van der Waals surface area (Å²) in [5.74, 6) is 0.173. The summed E-state index contributed by atoms with van der Waals surface area (Å²) in [6.07, 6.45) is 0. The molecule has 5 heteroatoms. The van der Waals surface area contributed by atoms with Gasteiger partial charge in [0.2, 0.25) is 5.91 Å². The Morgan fingerprint density at radius 2 is 1.70 bits per heavy atom. The lowest BCUT2D eigenvalue weighted by Crippen LogP contribution is -2.13. The Balaban J connectivity index is 1.94. The minimum absolute atomic E-state index is 0.0881. The smallest absolute Gasteiger partial charge is 0.234 e. The van der Waals surface area contributed by atoms with E-state index >= 15 is 0 Å². The van der Waals surface area contributed by atoms with Gasteiger partial charge < -0.3 is 5.32 Å². The molecule has 2 aromatic rings. The summed E-state index contributed by atoms with van der Waals surface area (Å²) in [6, 6.07) is 12.9. The zero-order valence-electron chi connectivity index (χ0n) is 10.8. The van der Waals surface area contributed by atoms with Crippen LogP contribution in [0, 0.1) is 6.92 Å². The number of carbonyl (C=O) groups excluding carboxylic acids is 1. The molecule has 104 valence electrons. The Kier molecular flexibility index (Phi) is 5.35. The minimum atomic E-state index is -0.0881. The number of benzene rings is 2. The Hall–Kier alpha value is -1.16. The first-order chi connectivity index (χ1) is 9.56. The van der Waals surface area contributed by atoms with Crippen LogP contribution in [-0.2, 0) is 4.79 Å². The van der Waals surface area contributed by atoms with Gasteiger partial charge in [-0.05, 0) is 31.2 Å². The molecule has 0 aliphatic heterocycles. The number of anilines is 1. The van der Waals surface area contributed by atoms with Crippen LogP contribution >= 0.6 is 35.0 Å². The maximum atomic E-state index is 11.9. The second-order valence-corrected chi connectivity index (χ2v) is 6.05. The number of aryl methyl sites for hydroxylation is 1. The van der Waals surface area contributed by atoms with Gasteiger partial charge in [0.1, 0.15) is 0 Å². The van der Waals surface area contributed by atoms with Crippen LogP contribution in [0.5, 0.6) is 0 Å². The molecular weight excluding hydrogens is 313 g/mol. The molecule has 0 aliphatic carbocycles. The van der Waals surface area contributed by atoms with Crippen molar-refractivity contribution in [1.29, 1.82) is 0 Å². The van der Waals surface area contributed by atoms with Gasteiger partial charge in [-0.1, -0.05) is 47.0 Å². The summed E-state index contributed by atoms with van der Waals surface area (Å²) in [6.45, 7) is 2.00. The third-order valence-electron chi connectivity index (χ3n) is 2.60. The number of nitrogens with one attached hydrogen (secondary N) is 1. The van der Waals surface area contributed by atoms with Gasteiger partial charge >= 0.3 is 0 Å². The van der Waals surface area contributed by atoms with Gasteiger partial charge in [-0.3, -0.25) is 4.79 Å². The molecule has 2 aromatic carbocycles. The number of amides is 1. The lowest BCUT2D eigenvalue weighted by Gasteiger charge is -2.07. The second kappa shape index (κ2) is 7.02. The first-order valence-electron chi connectivity index (χ1n) is 5.99. The molecule has 0 aliphatic rings. The maximum absolute atomic E-state index is 11.9. The number of thioether (sulfide) groups is 1. The quantitative estimate of drug-likeness (QED) is 0.798. The van der Waals surface area contributed by atoms with Crippen molar-refractivity contribution in [3.8, 4) is 0 Å². The Morgan fingerprint density at radius 1 is 1.10 bits per heavy atom. The Morgan fingerprint density at radius 3 is 2.30 bits per heavy atom. The fourth-order valence-electron chi connectivity index (χ4n) is 1.59. The van der Waals surface area contributed by atoms with Crippen LogP contribution in [0.4, 0.5) is 5.69 Å². The van der Waals surface area contributed by atoms with Gasteiger partial charge in [0.15, 0.2) is 0 Å². The molecule has 0 radical (unpaired) electrons. The molecule has 1 amide bonds. The topological polar surface area (TPSA) is 29.1 Å². The van der Waals surface area contributed by atoms with Gasteiger partial charge in [-0.15, -0.1) is 11.8 Å². The van der Waals surface area contributed by atoms with Crippen LogP contribution in [-0.4, -0.2) is 11.7 Å². The highest BCUT2D eigenvalue weighted by atomic mass is 35.5. The lowest BCUT2D eigenvalue weighted by molar-refractivity contribution is -0.113. The van der Waals surface area contributed by atoms with E-state index in [2.05, 4.69) is 5.32 Å². The summed E-state index contributed by atoms with van der Waals surface area (Å²) in [5, 5.41) is 3.95. The number of halogens is 2. The van der Waals surface area contributed by atoms with Crippen LogP contribution in [0.3, 0.4) is 0 Å². The van der Waals surface area contributed by atoms with Gasteiger partial charge in [0.05, 0.1) is 15.8 Å². The number of rotatable bonds is 4. The van der Waals surface area contributed by atoms with Crippen LogP contribution in [0.15, 0.2) is 47.4 Å². The van der Waals surface area contributed by atoms with E-state index < -0.39 is 0 Å². The van der Waals surface area contributed by atoms with E-state index in [4.69, 9.17) is 23.2 Å². The van der Waals surface area contributed by atoms with Gasteiger partial charge in [0, 0.05) is 10.6 Å². The third-order valence-corrected chi connectivity index (χ3v) is 4.59. The average molecular weight is 326 g/mol. The number of carbonyl (C=O) groups is 1. The van der Waals surface area contributed by atoms with Gasteiger partial charge in [-0.2, -0.15) is 0 Å². The summed E-state index contributed by atoms with van der Waals surface area (Å²) in [5.41, 5.74) is 1.94. The van der Waals surface area contributed by atoms with E-state index in [0.717, 1.165) is 16.1 Å². The third kappa shape index (κ3) is 4.17. The summed E-state index contributed by atoms with van der Waals surface area (Å²) >= 11 is 13.4. The van der Waals surface area contributed by atoms with Crippen molar-refractivity contribution in [2.24, 2.45) is 0 Å². The molecule has 0 fully saturated rings. The van der Waals surface area contributed by atoms with Crippen LogP contribution in [0.25, 0.3) is 0 Å². The fraction of sp³-hybridized carbons (Fsp3) is 0.133. The highest BCUT2D eigenvalue weighted by Gasteiger charge is 2.09. The van der Waals surface area contributed by atoms with E-state index in [-0.39, 0.29) is 11.7 Å². The molecule has 0 aromatic heterocycles. The van der Waals surface area contributed by atoms with Crippen molar-refractivity contribution in [2.75, 3.05) is 11.1 Å². The predicted octanol–water partition coefficient (Wildman–Crippen LogP) is 5.03. The van der Waals surface area contributed by atoms with Crippen LogP contribution in [0.1, 0.15) is 5.56 Å². The van der Waals surface area contributed by atoms with Crippen molar-refractivity contribution in [1.82, 2.24) is 0 Å². The van der Waals surface area contributed by atoms with Gasteiger partial charge in [-0.25, -0.2) is 0 Å². The maximum Gasteiger partial charge on any atom is 0.234 e. The first kappa shape index (κ1) is 15.2. The predicted molar refractivity (Wildman–Crippen MR) is 87.0 cm³/mol. The van der Waals surface area contributed by atoms with Crippen molar-refractivity contribution in [2.45, 2.75) is 11.8 Å². The normalized spacial score (nSPS) is 10.3. The summed E-state index contributed by atoms with van der Waals surface area (Å²) in [4.78, 5) is 12.6. The molecule has 0 atom stereocenters. The zero-order chi connectivity index (χ0) is 14.5. The highest BCUT2D eigenvalue weighted by molar-refractivity contribution is 8.00. The van der Waals surface area contributed by atoms with Crippen LogP contribution < -0.4 is 5.32 Å². The standard InChI is InChI=1S/C15H13Cl2NOS/c1-10-5-7-11(8-6-10)18-14(19)9-20-15-12(16)3-2-4-13(15)17/h2-8H,9H2,1H3,(H,18,19). The monoisotopic (exact) mass is 325 g/mol. The zero-order valence-corrected chi connectivity index (χ0v) is 13.1. The SMILES string of the molecule is Cc1ccc(NC(=O)CSc2c(Cl)cccc2Cl)cc1. The second-order valence-electron chi connectivity index (χ2n) is 4.25. The molecular formula is C15H13Cl2NOS. The van der Waals surface area contributed by atoms with Gasteiger partial charge in [0.25, 0.3) is 0 Å². The van der Waals surface area contributed by atoms with Crippen molar-refractivity contribution in [3.05, 3.63) is 58.1 Å². The molecule has 2 nitrogen and oxygen atoms in total. The number of hydrogen-bond donors (Lipinski definition) is 1. The molecule has 0 saturated carbocycles. The Labute approximate surface area is 132 Å². The average Bonchev–Trinajstić information content (AvgIpc) is 2.41. The lowest BCUT2D eigenvalue weighted by atomic mass is 10.2. The van der Waals surface area contributed by atoms with E-state index in [0.29, 0.717) is 10.0 Å². The minimum Gasteiger partial charge on any atom is -0.325 e. The van der Waals surface area contributed by atoms with Crippen molar-refractivity contribution >= 4 is 46.6 Å². The summed E-state index contributed by atoms with van der Waals surface area (Å²) in [7, 11) is 0. The van der Waals surface area contributed by atoms with E-state index in [1.807, 2.05) is 31.2 Å². The molecule has 20 heavy (non-hydrogen) atoms. The van der Waals surface area contributed by atoms with Crippen molar-refractivity contribution < 1.29 is 4.79 Å². The molecule has 0 bridgehead atoms. The molecule has 0 spiro atoms.